The van der Waals surface area contributed by atoms with E-state index in [9.17, 15) is 4.39 Å². The van der Waals surface area contributed by atoms with Gasteiger partial charge >= 0.3 is 0 Å². The molecule has 0 radical (unpaired) electrons. The molecule has 1 fully saturated rings. The molecule has 1 aliphatic rings. The lowest BCUT2D eigenvalue weighted by Gasteiger charge is -2.30. The fraction of sp³-hybridized carbons (Fsp3) is 0.583. The maximum Gasteiger partial charge on any atom is 0.213 e. The van der Waals surface area contributed by atoms with Crippen LogP contribution < -0.4 is 0 Å². The number of pyridine rings is 1. The van der Waals surface area contributed by atoms with Crippen LogP contribution in [-0.2, 0) is 6.54 Å². The van der Waals surface area contributed by atoms with Crippen molar-refractivity contribution in [1.29, 1.82) is 0 Å². The van der Waals surface area contributed by atoms with Gasteiger partial charge in [-0.05, 0) is 49.5 Å². The minimum absolute atomic E-state index is 0.289. The first-order valence-electron chi connectivity index (χ1n) is 5.71. The van der Waals surface area contributed by atoms with Gasteiger partial charge in [0.1, 0.15) is 0 Å². The molecule has 1 aromatic rings. The maximum atomic E-state index is 12.9. The largest absolute Gasteiger partial charge is 0.396 e. The van der Waals surface area contributed by atoms with Crippen LogP contribution in [0.1, 0.15) is 18.4 Å². The molecule has 3 nitrogen and oxygen atoms in total. The lowest BCUT2D eigenvalue weighted by atomic mass is 9.97. The molecule has 0 amide bonds. The highest BCUT2D eigenvalue weighted by molar-refractivity contribution is 5.10. The molecule has 0 bridgehead atoms. The summed E-state index contributed by atoms with van der Waals surface area (Å²) in [4.78, 5) is 5.83. The van der Waals surface area contributed by atoms with E-state index in [1.807, 2.05) is 6.07 Å². The van der Waals surface area contributed by atoms with Crippen molar-refractivity contribution >= 4 is 0 Å². The van der Waals surface area contributed by atoms with Crippen LogP contribution >= 0.6 is 0 Å². The van der Waals surface area contributed by atoms with E-state index in [-0.39, 0.29) is 6.61 Å². The molecule has 0 aromatic carbocycles. The second-order valence-electron chi connectivity index (χ2n) is 4.39. The van der Waals surface area contributed by atoms with E-state index < -0.39 is 5.95 Å². The normalized spacial score (nSPS) is 18.9. The third-order valence-corrected chi connectivity index (χ3v) is 3.16. The van der Waals surface area contributed by atoms with Gasteiger partial charge in [-0.2, -0.15) is 4.39 Å². The minimum atomic E-state index is -0.414. The summed E-state index contributed by atoms with van der Waals surface area (Å²) in [6, 6.07) is 3.33. The maximum absolute atomic E-state index is 12.9. The van der Waals surface area contributed by atoms with Crippen molar-refractivity contribution in [3.05, 3.63) is 29.8 Å². The molecular weight excluding hydrogens is 207 g/mol. The van der Waals surface area contributed by atoms with Crippen molar-refractivity contribution < 1.29 is 9.50 Å². The Labute approximate surface area is 94.9 Å². The monoisotopic (exact) mass is 224 g/mol. The molecule has 4 heteroatoms. The van der Waals surface area contributed by atoms with Crippen molar-refractivity contribution in [3.8, 4) is 0 Å². The molecule has 2 heterocycles. The van der Waals surface area contributed by atoms with Gasteiger partial charge in [-0.1, -0.05) is 0 Å². The molecule has 0 saturated carbocycles. The lowest BCUT2D eigenvalue weighted by molar-refractivity contribution is 0.127. The highest BCUT2D eigenvalue weighted by Crippen LogP contribution is 2.18. The van der Waals surface area contributed by atoms with Crippen molar-refractivity contribution in [2.75, 3.05) is 19.7 Å². The van der Waals surface area contributed by atoms with E-state index in [1.54, 1.807) is 0 Å². The zero-order valence-corrected chi connectivity index (χ0v) is 9.27. The first-order chi connectivity index (χ1) is 7.78. The number of aliphatic hydroxyl groups is 1. The first kappa shape index (κ1) is 11.5. The quantitative estimate of drug-likeness (QED) is 0.789. The molecule has 1 aliphatic heterocycles. The van der Waals surface area contributed by atoms with E-state index >= 15 is 0 Å². The molecule has 0 unspecified atom stereocenters. The molecule has 0 aliphatic carbocycles. The van der Waals surface area contributed by atoms with Gasteiger partial charge in [0.05, 0.1) is 0 Å². The fourth-order valence-electron chi connectivity index (χ4n) is 2.13. The van der Waals surface area contributed by atoms with E-state index in [2.05, 4.69) is 9.88 Å². The molecule has 1 saturated heterocycles. The second kappa shape index (κ2) is 5.37. The van der Waals surface area contributed by atoms with Crippen LogP contribution in [0.3, 0.4) is 0 Å². The number of nitrogens with zero attached hydrogens (tertiary/aromatic N) is 2. The predicted molar refractivity (Wildman–Crippen MR) is 59.3 cm³/mol. The molecule has 0 spiro atoms. The average molecular weight is 224 g/mol. The van der Waals surface area contributed by atoms with Crippen LogP contribution in [0.2, 0.25) is 0 Å². The highest BCUT2D eigenvalue weighted by Gasteiger charge is 2.18. The Morgan fingerprint density at radius 2 is 2.19 bits per heavy atom. The standard InChI is InChI=1S/C12H17FN2O/c13-12-7-11(1-4-14-12)8-15-5-2-10(9-16)3-6-15/h1,4,7,10,16H,2-3,5-6,8-9H2. The third-order valence-electron chi connectivity index (χ3n) is 3.16. The summed E-state index contributed by atoms with van der Waals surface area (Å²) < 4.78 is 12.9. The summed E-state index contributed by atoms with van der Waals surface area (Å²) >= 11 is 0. The molecule has 1 N–H and O–H groups in total. The zero-order valence-electron chi connectivity index (χ0n) is 9.27. The van der Waals surface area contributed by atoms with E-state index in [1.165, 1.54) is 12.3 Å². The van der Waals surface area contributed by atoms with Gasteiger partial charge in [0.2, 0.25) is 5.95 Å². The predicted octanol–water partition coefficient (Wildman–Crippen LogP) is 1.43. The summed E-state index contributed by atoms with van der Waals surface area (Å²) in [6.45, 7) is 3.03. The third kappa shape index (κ3) is 3.00. The number of rotatable bonds is 3. The van der Waals surface area contributed by atoms with Crippen molar-refractivity contribution in [3.63, 3.8) is 0 Å². The number of hydrogen-bond acceptors (Lipinski definition) is 3. The first-order valence-corrected chi connectivity index (χ1v) is 5.71. The SMILES string of the molecule is OCC1CCN(Cc2ccnc(F)c2)CC1. The van der Waals surface area contributed by atoms with Crippen molar-refractivity contribution in [1.82, 2.24) is 9.88 Å². The van der Waals surface area contributed by atoms with Crippen LogP contribution in [0.4, 0.5) is 4.39 Å². The fourth-order valence-corrected chi connectivity index (χ4v) is 2.13. The Hall–Kier alpha value is -1.00. The van der Waals surface area contributed by atoms with Crippen LogP contribution in [-0.4, -0.2) is 34.7 Å². The average Bonchev–Trinajstić information content (AvgIpc) is 2.30. The van der Waals surface area contributed by atoms with Gasteiger partial charge < -0.3 is 5.11 Å². The number of aliphatic hydroxyl groups excluding tert-OH is 1. The highest BCUT2D eigenvalue weighted by atomic mass is 19.1. The Kier molecular flexibility index (Phi) is 3.85. The Morgan fingerprint density at radius 3 is 2.81 bits per heavy atom. The summed E-state index contributed by atoms with van der Waals surface area (Å²) in [5, 5.41) is 9.03. The summed E-state index contributed by atoms with van der Waals surface area (Å²) in [5.74, 6) is 0.0353. The van der Waals surface area contributed by atoms with Crippen molar-refractivity contribution in [2.45, 2.75) is 19.4 Å². The summed E-state index contributed by atoms with van der Waals surface area (Å²) in [6.07, 6.45) is 3.57. The lowest BCUT2D eigenvalue weighted by Crippen LogP contribution is -2.34. The van der Waals surface area contributed by atoms with Crippen LogP contribution in [0.25, 0.3) is 0 Å². The van der Waals surface area contributed by atoms with Crippen LogP contribution in [0.5, 0.6) is 0 Å². The minimum Gasteiger partial charge on any atom is -0.396 e. The Morgan fingerprint density at radius 1 is 1.44 bits per heavy atom. The van der Waals surface area contributed by atoms with Gasteiger partial charge in [0, 0.05) is 19.3 Å². The molecule has 0 atom stereocenters. The number of aromatic nitrogens is 1. The number of likely N-dealkylation sites (tertiary alicyclic amines) is 1. The second-order valence-corrected chi connectivity index (χ2v) is 4.39. The molecule has 16 heavy (non-hydrogen) atoms. The Balaban J connectivity index is 1.87. The molecular formula is C12H17FN2O. The summed E-state index contributed by atoms with van der Waals surface area (Å²) in [7, 11) is 0. The van der Waals surface area contributed by atoms with Crippen molar-refractivity contribution in [2.24, 2.45) is 5.92 Å². The van der Waals surface area contributed by atoms with Crippen LogP contribution in [0.15, 0.2) is 18.3 Å². The number of piperidine rings is 1. The van der Waals surface area contributed by atoms with E-state index in [0.717, 1.165) is 38.0 Å². The Bertz CT molecular complexity index is 338. The molecule has 88 valence electrons. The summed E-state index contributed by atoms with van der Waals surface area (Å²) in [5.41, 5.74) is 0.968. The van der Waals surface area contributed by atoms with Crippen LogP contribution in [0, 0.1) is 11.9 Å². The number of hydrogen-bond donors (Lipinski definition) is 1. The smallest absolute Gasteiger partial charge is 0.213 e. The zero-order chi connectivity index (χ0) is 11.4. The van der Waals surface area contributed by atoms with Gasteiger partial charge in [0.25, 0.3) is 0 Å². The van der Waals surface area contributed by atoms with Gasteiger partial charge in [-0.25, -0.2) is 4.98 Å². The van der Waals surface area contributed by atoms with Gasteiger partial charge in [-0.15, -0.1) is 0 Å². The van der Waals surface area contributed by atoms with E-state index in [4.69, 9.17) is 5.11 Å². The van der Waals surface area contributed by atoms with Gasteiger partial charge in [0.15, 0.2) is 0 Å². The topological polar surface area (TPSA) is 36.4 Å². The van der Waals surface area contributed by atoms with Gasteiger partial charge in [-0.3, -0.25) is 4.90 Å². The molecule has 2 rings (SSSR count). The number of halogens is 1. The molecule has 1 aromatic heterocycles. The van der Waals surface area contributed by atoms with E-state index in [0.29, 0.717) is 5.92 Å².